The van der Waals surface area contributed by atoms with Crippen LogP contribution in [0.5, 0.6) is 0 Å². The number of aliphatic hydroxyl groups excluding tert-OH is 5. The maximum absolute atomic E-state index is 13.1. The lowest BCUT2D eigenvalue weighted by atomic mass is 9.98. The zero-order valence-corrected chi connectivity index (χ0v) is 40.7. The van der Waals surface area contributed by atoms with Crippen LogP contribution < -0.4 is 5.32 Å². The highest BCUT2D eigenvalue weighted by molar-refractivity contribution is 7.80. The molecule has 0 saturated carbocycles. The molecule has 0 spiro atoms. The third-order valence-electron chi connectivity index (χ3n) is 13.1. The van der Waals surface area contributed by atoms with Gasteiger partial charge < -0.3 is 40.3 Å². The van der Waals surface area contributed by atoms with Gasteiger partial charge in [0.1, 0.15) is 24.4 Å². The highest BCUT2D eigenvalue weighted by Crippen LogP contribution is 2.24. The predicted octanol–water partition coefficient (Wildman–Crippen LogP) is 11.8. The van der Waals surface area contributed by atoms with Gasteiger partial charge in [0.15, 0.2) is 6.29 Å². The molecule has 1 fully saturated rings. The fourth-order valence-corrected chi connectivity index (χ4v) is 9.09. The summed E-state index contributed by atoms with van der Waals surface area (Å²) >= 11 is 4.17. The second-order valence-corrected chi connectivity index (χ2v) is 19.2. The first kappa shape index (κ1) is 58.6. The summed E-state index contributed by atoms with van der Waals surface area (Å²) in [4.78, 5) is 13.1. The van der Waals surface area contributed by atoms with Gasteiger partial charge in [-0.2, -0.15) is 12.6 Å². The molecule has 1 aliphatic heterocycles. The Balaban J connectivity index is 2.24. The number of hydrogen-bond donors (Lipinski definition) is 7. The molecule has 0 bridgehead atoms. The van der Waals surface area contributed by atoms with Crippen LogP contribution in [0, 0.1) is 0 Å². The standard InChI is InChI=1S/C51H101NO8S/c1-3-5-7-9-11-13-15-17-18-19-20-21-22-23-24-25-26-27-28-30-32-34-36-38-40-46(54)52-43(41-59-51-50(58)49(57)48(56)45(42-61)60-51)47(55)44(53)39-37-35-33-31-29-16-14-12-10-8-6-4-2/h43-45,47-51,53,55-58,61H,3-42H2,1-2H3,(H,52,54)/t43-,44+,45?,47-,48-,49-,50?,51-/m0/s1. The first-order valence-corrected chi connectivity index (χ1v) is 27.0. The van der Waals surface area contributed by atoms with E-state index < -0.39 is 49.0 Å². The maximum Gasteiger partial charge on any atom is 0.220 e. The van der Waals surface area contributed by atoms with Crippen molar-refractivity contribution in [3.63, 3.8) is 0 Å². The Labute approximate surface area is 381 Å². The molecule has 0 aromatic carbocycles. The van der Waals surface area contributed by atoms with E-state index in [4.69, 9.17) is 9.47 Å². The molecule has 0 aromatic rings. The van der Waals surface area contributed by atoms with Crippen molar-refractivity contribution >= 4 is 18.5 Å². The Morgan fingerprint density at radius 1 is 0.525 bits per heavy atom. The number of amides is 1. The minimum atomic E-state index is -1.52. The van der Waals surface area contributed by atoms with E-state index in [9.17, 15) is 30.3 Å². The monoisotopic (exact) mass is 888 g/mol. The number of thiol groups is 1. The van der Waals surface area contributed by atoms with E-state index in [0.29, 0.717) is 12.8 Å². The predicted molar refractivity (Wildman–Crippen MR) is 257 cm³/mol. The van der Waals surface area contributed by atoms with E-state index in [1.807, 2.05) is 0 Å². The SMILES string of the molecule is CCCCCCCCCCCCCCCCCCCCCCCCCCC(=O)N[C@@H](CO[C@H]1OC(CS)[C@H](O)[C@H](O)C1O)[C@H](O)[C@H](O)CCCCCCCCCCCCCC. The Kier molecular flexibility index (Phi) is 40.5. The largest absolute Gasteiger partial charge is 0.390 e. The molecule has 8 atom stereocenters. The van der Waals surface area contributed by atoms with Crippen molar-refractivity contribution < 1.29 is 39.8 Å². The molecule has 0 aromatic heterocycles. The van der Waals surface area contributed by atoms with Gasteiger partial charge in [-0.15, -0.1) is 0 Å². The van der Waals surface area contributed by atoms with Crippen molar-refractivity contribution in [1.29, 1.82) is 0 Å². The lowest BCUT2D eigenvalue weighted by molar-refractivity contribution is -0.294. The minimum absolute atomic E-state index is 0.102. The van der Waals surface area contributed by atoms with Gasteiger partial charge in [0.2, 0.25) is 5.91 Å². The Bertz CT molecular complexity index is 946. The fourth-order valence-electron chi connectivity index (χ4n) is 8.79. The molecular formula is C51H101NO8S. The summed E-state index contributed by atoms with van der Waals surface area (Å²) in [6, 6.07) is -0.941. The van der Waals surface area contributed by atoms with E-state index in [2.05, 4.69) is 31.8 Å². The van der Waals surface area contributed by atoms with Gasteiger partial charge in [0.25, 0.3) is 0 Å². The number of hydrogen-bond acceptors (Lipinski definition) is 9. The van der Waals surface area contributed by atoms with E-state index in [-0.39, 0.29) is 18.3 Å². The van der Waals surface area contributed by atoms with Crippen LogP contribution >= 0.6 is 12.6 Å². The molecule has 9 nitrogen and oxygen atoms in total. The molecule has 10 heteroatoms. The van der Waals surface area contributed by atoms with Gasteiger partial charge in [-0.3, -0.25) is 4.79 Å². The Morgan fingerprint density at radius 3 is 1.23 bits per heavy atom. The Hall–Kier alpha value is -0.460. The zero-order chi connectivity index (χ0) is 44.6. The van der Waals surface area contributed by atoms with Crippen molar-refractivity contribution in [2.75, 3.05) is 12.4 Å². The average molecular weight is 888 g/mol. The molecule has 2 unspecified atom stereocenters. The molecule has 1 saturated heterocycles. The van der Waals surface area contributed by atoms with Crippen LogP contribution in [0.15, 0.2) is 0 Å². The molecule has 0 radical (unpaired) electrons. The molecule has 1 amide bonds. The molecule has 0 aliphatic carbocycles. The van der Waals surface area contributed by atoms with E-state index in [1.54, 1.807) is 0 Å². The summed E-state index contributed by atoms with van der Waals surface area (Å²) in [5.74, 6) is -0.122. The number of unbranched alkanes of at least 4 members (excludes halogenated alkanes) is 34. The van der Waals surface area contributed by atoms with Crippen LogP contribution in [0.3, 0.4) is 0 Å². The number of carbonyl (C=O) groups excluding carboxylic acids is 1. The van der Waals surface area contributed by atoms with E-state index in [1.165, 1.54) is 193 Å². The second kappa shape index (κ2) is 42.2. The normalized spacial score (nSPS) is 20.8. The van der Waals surface area contributed by atoms with Gasteiger partial charge in [0.05, 0.1) is 24.9 Å². The molecule has 1 rings (SSSR count). The topological polar surface area (TPSA) is 149 Å². The third-order valence-corrected chi connectivity index (χ3v) is 13.4. The summed E-state index contributed by atoms with van der Waals surface area (Å²) in [7, 11) is 0. The van der Waals surface area contributed by atoms with Crippen molar-refractivity contribution in [2.45, 2.75) is 307 Å². The maximum atomic E-state index is 13.1. The van der Waals surface area contributed by atoms with Crippen molar-refractivity contribution in [3.8, 4) is 0 Å². The average Bonchev–Trinajstić information content (AvgIpc) is 3.26. The quantitative estimate of drug-likeness (QED) is 0.0236. The summed E-state index contributed by atoms with van der Waals surface area (Å²) in [5, 5.41) is 56.1. The molecular weight excluding hydrogens is 787 g/mol. The van der Waals surface area contributed by atoms with Crippen LogP contribution in [-0.4, -0.2) is 92.8 Å². The number of rotatable bonds is 45. The van der Waals surface area contributed by atoms with Crippen LogP contribution in [-0.2, 0) is 14.3 Å². The number of aliphatic hydroxyl groups is 5. The molecule has 6 N–H and O–H groups in total. The minimum Gasteiger partial charge on any atom is -0.390 e. The number of nitrogens with one attached hydrogen (secondary N) is 1. The second-order valence-electron chi connectivity index (χ2n) is 18.8. The van der Waals surface area contributed by atoms with Gasteiger partial charge >= 0.3 is 0 Å². The van der Waals surface area contributed by atoms with E-state index in [0.717, 1.165) is 38.5 Å². The zero-order valence-electron chi connectivity index (χ0n) is 39.8. The van der Waals surface area contributed by atoms with E-state index >= 15 is 0 Å². The van der Waals surface area contributed by atoms with Crippen LogP contribution in [0.2, 0.25) is 0 Å². The molecule has 1 aliphatic rings. The van der Waals surface area contributed by atoms with Crippen molar-refractivity contribution in [2.24, 2.45) is 0 Å². The third kappa shape index (κ3) is 32.0. The molecule has 1 heterocycles. The van der Waals surface area contributed by atoms with Gasteiger partial charge in [-0.1, -0.05) is 239 Å². The lowest BCUT2D eigenvalue weighted by Gasteiger charge is -2.40. The first-order chi connectivity index (χ1) is 29.8. The highest BCUT2D eigenvalue weighted by atomic mass is 32.1. The van der Waals surface area contributed by atoms with Crippen molar-refractivity contribution in [1.82, 2.24) is 5.32 Å². The van der Waals surface area contributed by atoms with Crippen LogP contribution in [0.4, 0.5) is 0 Å². The number of carbonyl (C=O) groups is 1. The summed E-state index contributed by atoms with van der Waals surface area (Å²) in [6.07, 6.45) is 38.1. The van der Waals surface area contributed by atoms with Gasteiger partial charge in [-0.25, -0.2) is 0 Å². The number of ether oxygens (including phenoxy) is 2. The first-order valence-electron chi connectivity index (χ1n) is 26.3. The van der Waals surface area contributed by atoms with Gasteiger partial charge in [-0.05, 0) is 12.8 Å². The smallest absolute Gasteiger partial charge is 0.220 e. The fraction of sp³-hybridized carbons (Fsp3) is 0.980. The summed E-state index contributed by atoms with van der Waals surface area (Å²) < 4.78 is 11.4. The molecule has 61 heavy (non-hydrogen) atoms. The summed E-state index contributed by atoms with van der Waals surface area (Å²) in [5.41, 5.74) is 0. The highest BCUT2D eigenvalue weighted by Gasteiger charge is 2.44. The van der Waals surface area contributed by atoms with Crippen LogP contribution in [0.25, 0.3) is 0 Å². The molecule has 364 valence electrons. The Morgan fingerprint density at radius 2 is 0.869 bits per heavy atom. The summed E-state index contributed by atoms with van der Waals surface area (Å²) in [6.45, 7) is 4.29. The van der Waals surface area contributed by atoms with Crippen LogP contribution in [0.1, 0.15) is 258 Å². The van der Waals surface area contributed by atoms with Crippen molar-refractivity contribution in [3.05, 3.63) is 0 Å². The lowest BCUT2D eigenvalue weighted by Crippen LogP contribution is -2.60. The van der Waals surface area contributed by atoms with Gasteiger partial charge in [0, 0.05) is 12.2 Å².